The molecule has 3 heterocycles. The number of ether oxygens (including phenoxy) is 1. The number of allylic oxidation sites excluding steroid dienone is 1. The lowest BCUT2D eigenvalue weighted by atomic mass is 9.77. The standard InChI is InChI=1S/C26H37N3O4S/c1-18-6-9-25(33-28-26(18)20-4-3-5-20)29-13-10-19(11-14-29)23-16-21(23)12-15-32-24-8-7-22(17-27-24)34(2,30)31/h7-9,17-21,23H,3-6,10-16H2,1-2H3. The Bertz CT molecular complexity index is 1020. The first kappa shape index (κ1) is 23.6. The number of rotatable bonds is 8. The summed E-state index contributed by atoms with van der Waals surface area (Å²) in [6.45, 7) is 5.01. The summed E-state index contributed by atoms with van der Waals surface area (Å²) >= 11 is 0. The minimum atomic E-state index is -3.22. The van der Waals surface area contributed by atoms with Crippen molar-refractivity contribution in [3.63, 3.8) is 0 Å². The van der Waals surface area contributed by atoms with E-state index >= 15 is 0 Å². The number of hydrogen-bond acceptors (Lipinski definition) is 7. The molecule has 3 atom stereocenters. The van der Waals surface area contributed by atoms with Crippen LogP contribution in [0.1, 0.15) is 58.3 Å². The van der Waals surface area contributed by atoms with Gasteiger partial charge in [0, 0.05) is 43.4 Å². The molecule has 1 aromatic heterocycles. The molecule has 0 amide bonds. The van der Waals surface area contributed by atoms with Gasteiger partial charge in [0.25, 0.3) is 0 Å². The number of hydrogen-bond donors (Lipinski definition) is 0. The second kappa shape index (κ2) is 9.88. The average Bonchev–Trinajstić information content (AvgIpc) is 3.58. The number of nitrogens with zero attached hydrogens (tertiary/aromatic N) is 3. The number of aromatic nitrogens is 1. The Morgan fingerprint density at radius 2 is 1.97 bits per heavy atom. The highest BCUT2D eigenvalue weighted by Gasteiger charge is 2.43. The van der Waals surface area contributed by atoms with Crippen LogP contribution in [-0.2, 0) is 14.7 Å². The molecule has 1 saturated heterocycles. The Hall–Kier alpha value is -2.09. The molecule has 5 rings (SSSR count). The maximum atomic E-state index is 11.5. The first-order chi connectivity index (χ1) is 16.4. The van der Waals surface area contributed by atoms with Crippen molar-refractivity contribution < 1.29 is 18.0 Å². The summed E-state index contributed by atoms with van der Waals surface area (Å²) in [5.74, 6) is 4.92. The van der Waals surface area contributed by atoms with Crippen LogP contribution in [0.25, 0.3) is 0 Å². The highest BCUT2D eigenvalue weighted by molar-refractivity contribution is 7.90. The van der Waals surface area contributed by atoms with Crippen molar-refractivity contribution in [3.8, 4) is 5.88 Å². The van der Waals surface area contributed by atoms with Gasteiger partial charge in [0.2, 0.25) is 11.8 Å². The van der Waals surface area contributed by atoms with Gasteiger partial charge in [-0.3, -0.25) is 0 Å². The van der Waals surface area contributed by atoms with Crippen LogP contribution in [-0.4, -0.2) is 50.0 Å². The fourth-order valence-corrected chi connectivity index (χ4v) is 6.27. The van der Waals surface area contributed by atoms with Crippen molar-refractivity contribution in [2.75, 3.05) is 26.0 Å². The summed E-state index contributed by atoms with van der Waals surface area (Å²) in [4.78, 5) is 12.7. The predicted molar refractivity (Wildman–Crippen MR) is 131 cm³/mol. The van der Waals surface area contributed by atoms with Crippen molar-refractivity contribution in [3.05, 3.63) is 30.3 Å². The van der Waals surface area contributed by atoms with Crippen LogP contribution in [0.5, 0.6) is 5.88 Å². The smallest absolute Gasteiger partial charge is 0.221 e. The summed E-state index contributed by atoms with van der Waals surface area (Å²) in [6.07, 6.45) is 14.5. The van der Waals surface area contributed by atoms with E-state index in [4.69, 9.17) is 9.57 Å². The van der Waals surface area contributed by atoms with Gasteiger partial charge >= 0.3 is 0 Å². The molecular weight excluding hydrogens is 450 g/mol. The van der Waals surface area contributed by atoms with Crippen LogP contribution < -0.4 is 4.74 Å². The third-order valence-corrected chi connectivity index (χ3v) is 9.33. The largest absolute Gasteiger partial charge is 0.478 e. The van der Waals surface area contributed by atoms with E-state index in [1.54, 1.807) is 12.1 Å². The molecule has 0 spiro atoms. The maximum Gasteiger partial charge on any atom is 0.221 e. The zero-order valence-corrected chi connectivity index (χ0v) is 21.2. The fraction of sp³-hybridized carbons (Fsp3) is 0.692. The Balaban J connectivity index is 1.03. The Kier molecular flexibility index (Phi) is 6.87. The molecule has 2 aliphatic heterocycles. The number of pyridine rings is 1. The first-order valence-corrected chi connectivity index (χ1v) is 14.8. The molecule has 4 aliphatic rings. The van der Waals surface area contributed by atoms with E-state index in [0.29, 0.717) is 24.3 Å². The second-order valence-corrected chi connectivity index (χ2v) is 12.7. The van der Waals surface area contributed by atoms with Gasteiger partial charge in [0.05, 0.1) is 17.2 Å². The molecule has 1 aromatic rings. The van der Waals surface area contributed by atoms with E-state index in [1.165, 1.54) is 56.7 Å². The lowest BCUT2D eigenvalue weighted by Gasteiger charge is -2.33. The first-order valence-electron chi connectivity index (χ1n) is 12.9. The Morgan fingerprint density at radius 1 is 1.18 bits per heavy atom. The molecule has 186 valence electrons. The molecule has 0 N–H and O–H groups in total. The van der Waals surface area contributed by atoms with Gasteiger partial charge in [0.1, 0.15) is 0 Å². The van der Waals surface area contributed by atoms with E-state index in [9.17, 15) is 8.42 Å². The Morgan fingerprint density at radius 3 is 2.62 bits per heavy atom. The van der Waals surface area contributed by atoms with Crippen LogP contribution in [0.3, 0.4) is 0 Å². The van der Waals surface area contributed by atoms with Crippen LogP contribution in [0.15, 0.2) is 40.3 Å². The van der Waals surface area contributed by atoms with E-state index in [0.717, 1.165) is 49.6 Å². The summed E-state index contributed by atoms with van der Waals surface area (Å²) in [7, 11) is -3.22. The van der Waals surface area contributed by atoms with Gasteiger partial charge in [-0.05, 0) is 74.8 Å². The van der Waals surface area contributed by atoms with Crippen molar-refractivity contribution >= 4 is 15.5 Å². The quantitative estimate of drug-likeness (QED) is 0.531. The maximum absolute atomic E-state index is 11.5. The Labute approximate surface area is 203 Å². The molecule has 2 saturated carbocycles. The lowest BCUT2D eigenvalue weighted by Crippen LogP contribution is -2.34. The normalized spacial score (nSPS) is 28.3. The minimum Gasteiger partial charge on any atom is -0.478 e. The van der Waals surface area contributed by atoms with Crippen LogP contribution >= 0.6 is 0 Å². The summed E-state index contributed by atoms with van der Waals surface area (Å²) in [5.41, 5.74) is 1.27. The predicted octanol–water partition coefficient (Wildman–Crippen LogP) is 4.66. The highest BCUT2D eigenvalue weighted by Crippen LogP contribution is 2.50. The van der Waals surface area contributed by atoms with Crippen LogP contribution in [0, 0.1) is 29.6 Å². The molecule has 3 fully saturated rings. The molecule has 7 nitrogen and oxygen atoms in total. The summed E-state index contributed by atoms with van der Waals surface area (Å²) in [5, 5.41) is 4.59. The van der Waals surface area contributed by atoms with E-state index in [-0.39, 0.29) is 4.90 Å². The van der Waals surface area contributed by atoms with Gasteiger partial charge in [-0.1, -0.05) is 18.5 Å². The fourth-order valence-electron chi connectivity index (χ4n) is 5.71. The average molecular weight is 488 g/mol. The molecule has 34 heavy (non-hydrogen) atoms. The number of oxime groups is 1. The topological polar surface area (TPSA) is 81.1 Å². The molecule has 3 unspecified atom stereocenters. The van der Waals surface area contributed by atoms with E-state index in [1.807, 2.05) is 0 Å². The minimum absolute atomic E-state index is 0.221. The zero-order valence-electron chi connectivity index (χ0n) is 20.4. The van der Waals surface area contributed by atoms with Gasteiger partial charge in [-0.2, -0.15) is 0 Å². The summed E-state index contributed by atoms with van der Waals surface area (Å²) in [6, 6.07) is 3.19. The molecule has 0 aromatic carbocycles. The number of likely N-dealkylation sites (tertiary alicyclic amines) is 1. The van der Waals surface area contributed by atoms with E-state index < -0.39 is 9.84 Å². The van der Waals surface area contributed by atoms with Crippen LogP contribution in [0.4, 0.5) is 0 Å². The SMILES string of the molecule is CC1CC=C(N2CCC(C3CC3CCOc3ccc(S(C)(=O)=O)cn3)CC2)ON=C1C1CCC1. The van der Waals surface area contributed by atoms with Gasteiger partial charge in [0.15, 0.2) is 9.84 Å². The van der Waals surface area contributed by atoms with Gasteiger partial charge in [-0.15, -0.1) is 0 Å². The van der Waals surface area contributed by atoms with Gasteiger partial charge < -0.3 is 14.5 Å². The third kappa shape index (κ3) is 5.42. The number of sulfone groups is 1. The van der Waals surface area contributed by atoms with Crippen molar-refractivity contribution in [2.45, 2.75) is 63.2 Å². The van der Waals surface area contributed by atoms with Crippen molar-refractivity contribution in [1.82, 2.24) is 9.88 Å². The van der Waals surface area contributed by atoms with Crippen molar-refractivity contribution in [2.24, 2.45) is 34.7 Å². The van der Waals surface area contributed by atoms with Gasteiger partial charge in [-0.25, -0.2) is 13.4 Å². The zero-order chi connectivity index (χ0) is 23.7. The van der Waals surface area contributed by atoms with E-state index in [2.05, 4.69) is 28.0 Å². The highest BCUT2D eigenvalue weighted by atomic mass is 32.2. The number of piperidine rings is 1. The lowest BCUT2D eigenvalue weighted by molar-refractivity contribution is 0.0856. The molecule has 2 aliphatic carbocycles. The molecule has 8 heteroatoms. The summed E-state index contributed by atoms with van der Waals surface area (Å²) < 4.78 is 28.8. The third-order valence-electron chi connectivity index (χ3n) is 8.23. The van der Waals surface area contributed by atoms with Crippen molar-refractivity contribution in [1.29, 1.82) is 0 Å². The monoisotopic (exact) mass is 487 g/mol. The molecule has 0 radical (unpaired) electrons. The molecule has 0 bridgehead atoms. The van der Waals surface area contributed by atoms with Crippen LogP contribution in [0.2, 0.25) is 0 Å². The molecular formula is C26H37N3O4S. The second-order valence-electron chi connectivity index (χ2n) is 10.6.